The predicted molar refractivity (Wildman–Crippen MR) is 36.3 cm³/mol. The van der Waals surface area contributed by atoms with Gasteiger partial charge in [-0.05, 0) is 5.41 Å². The molecule has 3 nitrogen and oxygen atoms in total. The Morgan fingerprint density at radius 2 is 2.33 bits per heavy atom. The fourth-order valence-corrected chi connectivity index (χ4v) is 0.691. The monoisotopic (exact) mass is 148 g/mol. The molecule has 0 aliphatic heterocycles. The van der Waals surface area contributed by atoms with Crippen LogP contribution in [-0.4, -0.2) is 28.5 Å². The van der Waals surface area contributed by atoms with E-state index in [1.54, 1.807) is 5.41 Å². The van der Waals surface area contributed by atoms with E-state index in [1.807, 2.05) is 0 Å². The molecule has 0 aromatic rings. The van der Waals surface area contributed by atoms with Crippen molar-refractivity contribution >= 4 is 17.7 Å². The lowest BCUT2D eigenvalue weighted by atomic mass is 10.7. The fourth-order valence-electron chi connectivity index (χ4n) is 0.230. The highest BCUT2D eigenvalue weighted by molar-refractivity contribution is 8.02. The normalized spacial score (nSPS) is 10.3. The van der Waals surface area contributed by atoms with Crippen LogP contribution < -0.4 is 0 Å². The minimum atomic E-state index is -0.845. The molecular formula is C5H8O3S. The van der Waals surface area contributed by atoms with Crippen molar-refractivity contribution < 1.29 is 15.0 Å². The lowest BCUT2D eigenvalue weighted by molar-refractivity contribution is -0.133. The number of carboxylic acid groups (broad SMARTS) is 1. The Hall–Kier alpha value is -0.480. The van der Waals surface area contributed by atoms with Gasteiger partial charge in [-0.15, -0.1) is 11.8 Å². The van der Waals surface area contributed by atoms with Gasteiger partial charge in [0, 0.05) is 0 Å². The zero-order valence-electron chi connectivity index (χ0n) is 4.78. The molecule has 52 valence electrons. The Kier molecular flexibility index (Phi) is 5.35. The number of aliphatic hydroxyl groups excluding tert-OH is 1. The SMILES string of the molecule is O=C(O)CS/C=C\CO. The smallest absolute Gasteiger partial charge is 0.313 e. The summed E-state index contributed by atoms with van der Waals surface area (Å²) in [5.74, 6) is -0.793. The van der Waals surface area contributed by atoms with E-state index in [0.29, 0.717) is 0 Å². The van der Waals surface area contributed by atoms with Gasteiger partial charge in [-0.2, -0.15) is 0 Å². The molecule has 0 aromatic heterocycles. The van der Waals surface area contributed by atoms with Crippen LogP contribution in [0.5, 0.6) is 0 Å². The maximum Gasteiger partial charge on any atom is 0.313 e. The van der Waals surface area contributed by atoms with E-state index in [4.69, 9.17) is 10.2 Å². The first-order valence-corrected chi connectivity index (χ1v) is 3.41. The summed E-state index contributed by atoms with van der Waals surface area (Å²) in [5.41, 5.74) is 0. The number of thioether (sulfide) groups is 1. The van der Waals surface area contributed by atoms with E-state index in [2.05, 4.69) is 0 Å². The molecule has 0 aromatic carbocycles. The van der Waals surface area contributed by atoms with Crippen LogP contribution in [0.25, 0.3) is 0 Å². The molecule has 0 heterocycles. The van der Waals surface area contributed by atoms with E-state index in [9.17, 15) is 4.79 Å². The van der Waals surface area contributed by atoms with Crippen molar-refractivity contribution in [3.63, 3.8) is 0 Å². The van der Waals surface area contributed by atoms with E-state index in [1.165, 1.54) is 6.08 Å². The van der Waals surface area contributed by atoms with Crippen molar-refractivity contribution in [2.24, 2.45) is 0 Å². The zero-order valence-corrected chi connectivity index (χ0v) is 5.60. The Bertz CT molecular complexity index is 111. The van der Waals surface area contributed by atoms with Gasteiger partial charge in [0.25, 0.3) is 0 Å². The first-order valence-electron chi connectivity index (χ1n) is 2.36. The molecule has 0 atom stereocenters. The highest BCUT2D eigenvalue weighted by Crippen LogP contribution is 1.99. The third-order valence-corrected chi connectivity index (χ3v) is 1.30. The van der Waals surface area contributed by atoms with Gasteiger partial charge in [0.1, 0.15) is 0 Å². The van der Waals surface area contributed by atoms with E-state index < -0.39 is 5.97 Å². The highest BCUT2D eigenvalue weighted by atomic mass is 32.2. The Morgan fingerprint density at radius 3 is 2.78 bits per heavy atom. The molecule has 0 unspecified atom stereocenters. The second-order valence-electron chi connectivity index (χ2n) is 1.26. The molecule has 0 aliphatic rings. The first-order chi connectivity index (χ1) is 4.27. The second-order valence-corrected chi connectivity index (χ2v) is 2.15. The van der Waals surface area contributed by atoms with Crippen LogP contribution in [0.3, 0.4) is 0 Å². The average molecular weight is 148 g/mol. The molecule has 0 rings (SSSR count). The van der Waals surface area contributed by atoms with Crippen LogP contribution in [0.1, 0.15) is 0 Å². The summed E-state index contributed by atoms with van der Waals surface area (Å²) >= 11 is 1.15. The molecule has 2 N–H and O–H groups in total. The summed E-state index contributed by atoms with van der Waals surface area (Å²) in [4.78, 5) is 9.85. The average Bonchev–Trinajstić information content (AvgIpc) is 1.80. The molecule has 0 saturated carbocycles. The maximum atomic E-state index is 9.85. The molecule has 4 heteroatoms. The molecule has 0 bridgehead atoms. The number of aliphatic hydroxyl groups is 1. The van der Waals surface area contributed by atoms with E-state index in [0.717, 1.165) is 11.8 Å². The van der Waals surface area contributed by atoms with Crippen LogP contribution in [0, 0.1) is 0 Å². The third-order valence-electron chi connectivity index (χ3n) is 0.505. The highest BCUT2D eigenvalue weighted by Gasteiger charge is 1.90. The number of hydrogen-bond donors (Lipinski definition) is 2. The Morgan fingerprint density at radius 1 is 1.67 bits per heavy atom. The molecule has 0 saturated heterocycles. The van der Waals surface area contributed by atoms with Gasteiger partial charge in [0.15, 0.2) is 0 Å². The Balaban J connectivity index is 3.09. The molecule has 0 radical (unpaired) electrons. The number of carboxylic acids is 1. The van der Waals surface area contributed by atoms with Gasteiger partial charge in [0.2, 0.25) is 0 Å². The summed E-state index contributed by atoms with van der Waals surface area (Å²) in [6.45, 7) is -0.0351. The fraction of sp³-hybridized carbons (Fsp3) is 0.400. The van der Waals surface area contributed by atoms with Gasteiger partial charge in [-0.3, -0.25) is 4.79 Å². The van der Waals surface area contributed by atoms with Crippen molar-refractivity contribution in [1.29, 1.82) is 0 Å². The third kappa shape index (κ3) is 7.52. The molecule has 0 fully saturated rings. The van der Waals surface area contributed by atoms with Crippen molar-refractivity contribution in [3.05, 3.63) is 11.5 Å². The van der Waals surface area contributed by atoms with E-state index >= 15 is 0 Å². The summed E-state index contributed by atoms with van der Waals surface area (Å²) in [6.07, 6.45) is 1.49. The molecule has 0 aliphatic carbocycles. The summed E-state index contributed by atoms with van der Waals surface area (Å²) in [6, 6.07) is 0. The second kappa shape index (κ2) is 5.65. The van der Waals surface area contributed by atoms with Gasteiger partial charge in [-0.25, -0.2) is 0 Å². The van der Waals surface area contributed by atoms with Crippen LogP contribution >= 0.6 is 11.8 Å². The van der Waals surface area contributed by atoms with Crippen LogP contribution in [0.4, 0.5) is 0 Å². The largest absolute Gasteiger partial charge is 0.481 e. The maximum absolute atomic E-state index is 9.85. The van der Waals surface area contributed by atoms with Crippen LogP contribution in [0.2, 0.25) is 0 Å². The van der Waals surface area contributed by atoms with Crippen molar-refractivity contribution in [3.8, 4) is 0 Å². The minimum Gasteiger partial charge on any atom is -0.481 e. The van der Waals surface area contributed by atoms with Gasteiger partial charge >= 0.3 is 5.97 Å². The van der Waals surface area contributed by atoms with Gasteiger partial charge in [-0.1, -0.05) is 6.08 Å². The quantitative estimate of drug-likeness (QED) is 0.602. The Labute approximate surface area is 57.4 Å². The molecule has 0 amide bonds. The molecular weight excluding hydrogens is 140 g/mol. The van der Waals surface area contributed by atoms with Crippen molar-refractivity contribution in [2.75, 3.05) is 12.4 Å². The number of aliphatic carboxylic acids is 1. The molecule has 9 heavy (non-hydrogen) atoms. The van der Waals surface area contributed by atoms with Gasteiger partial charge < -0.3 is 10.2 Å². The summed E-state index contributed by atoms with van der Waals surface area (Å²) < 4.78 is 0. The standard InChI is InChI=1S/C5H8O3S/c6-2-1-3-9-4-5(7)8/h1,3,6H,2,4H2,(H,7,8)/b3-1-. The van der Waals surface area contributed by atoms with Crippen molar-refractivity contribution in [1.82, 2.24) is 0 Å². The van der Waals surface area contributed by atoms with Gasteiger partial charge in [0.05, 0.1) is 12.4 Å². The number of rotatable bonds is 4. The van der Waals surface area contributed by atoms with Crippen LogP contribution in [-0.2, 0) is 4.79 Å². The lowest BCUT2D eigenvalue weighted by Gasteiger charge is -1.85. The predicted octanol–water partition coefficient (Wildman–Crippen LogP) is 0.310. The summed E-state index contributed by atoms with van der Waals surface area (Å²) in [5, 5.41) is 17.8. The van der Waals surface area contributed by atoms with Crippen molar-refractivity contribution in [2.45, 2.75) is 0 Å². The summed E-state index contributed by atoms with van der Waals surface area (Å²) in [7, 11) is 0. The lowest BCUT2D eigenvalue weighted by Crippen LogP contribution is -1.95. The minimum absolute atomic E-state index is 0.0351. The van der Waals surface area contributed by atoms with E-state index in [-0.39, 0.29) is 12.4 Å². The van der Waals surface area contributed by atoms with Crippen LogP contribution in [0.15, 0.2) is 11.5 Å². The topological polar surface area (TPSA) is 57.5 Å². The number of carbonyl (C=O) groups is 1. The zero-order chi connectivity index (χ0) is 7.11. The molecule has 0 spiro atoms. The first kappa shape index (κ1) is 8.52. The number of hydrogen-bond acceptors (Lipinski definition) is 3.